The van der Waals surface area contributed by atoms with Crippen LogP contribution in [0.25, 0.3) is 5.57 Å². The zero-order valence-electron chi connectivity index (χ0n) is 16.2. The van der Waals surface area contributed by atoms with Gasteiger partial charge in [0, 0.05) is 18.5 Å². The summed E-state index contributed by atoms with van der Waals surface area (Å²) < 4.78 is 11.9. The lowest BCUT2D eigenvalue weighted by molar-refractivity contribution is 0.129. The Kier molecular flexibility index (Phi) is 5.44. The normalized spacial score (nSPS) is 21.5. The molecule has 1 saturated carbocycles. The summed E-state index contributed by atoms with van der Waals surface area (Å²) in [5.41, 5.74) is 7.96. The number of rotatable bonds is 6. The maximum atomic E-state index is 8.82. The van der Waals surface area contributed by atoms with E-state index in [2.05, 4.69) is 31.6 Å². The Bertz CT molecular complexity index is 971. The number of nitrogens with two attached hydrogens (primary N) is 1. The van der Waals surface area contributed by atoms with Crippen LogP contribution in [0.2, 0.25) is 0 Å². The fraction of sp³-hybridized carbons (Fsp3) is 0.400. The van der Waals surface area contributed by atoms with E-state index >= 15 is 0 Å². The van der Waals surface area contributed by atoms with E-state index in [0.29, 0.717) is 11.6 Å². The third-order valence-corrected chi connectivity index (χ3v) is 5.06. The summed E-state index contributed by atoms with van der Waals surface area (Å²) in [6.07, 6.45) is 9.58. The molecule has 4 rings (SSSR count). The van der Waals surface area contributed by atoms with Crippen molar-refractivity contribution in [2.75, 3.05) is 12.4 Å². The fourth-order valence-corrected chi connectivity index (χ4v) is 3.65. The monoisotopic (exact) mass is 393 g/mol. The van der Waals surface area contributed by atoms with Crippen molar-refractivity contribution in [3.05, 3.63) is 47.4 Å². The third kappa shape index (κ3) is 4.22. The smallest absolute Gasteiger partial charge is 0.158 e. The van der Waals surface area contributed by atoms with Crippen molar-refractivity contribution < 1.29 is 9.47 Å². The first-order chi connectivity index (χ1) is 14.2. The van der Waals surface area contributed by atoms with Crippen LogP contribution in [0.5, 0.6) is 0 Å². The van der Waals surface area contributed by atoms with Crippen molar-refractivity contribution in [2.45, 2.75) is 44.2 Å². The summed E-state index contributed by atoms with van der Waals surface area (Å²) in [6, 6.07) is 4.02. The number of ether oxygens (including phenoxy) is 2. The summed E-state index contributed by atoms with van der Waals surface area (Å²) in [7, 11) is 1.67. The molecule has 0 bridgehead atoms. The summed E-state index contributed by atoms with van der Waals surface area (Å²) >= 11 is 0. The minimum absolute atomic E-state index is 0.122. The van der Waals surface area contributed by atoms with Crippen LogP contribution in [-0.4, -0.2) is 39.4 Å². The third-order valence-electron chi connectivity index (χ3n) is 5.06. The number of nitriles is 1. The van der Waals surface area contributed by atoms with Gasteiger partial charge in [0.15, 0.2) is 11.5 Å². The average Bonchev–Trinajstić information content (AvgIpc) is 3.37. The van der Waals surface area contributed by atoms with Gasteiger partial charge in [-0.2, -0.15) is 10.4 Å². The Morgan fingerprint density at radius 2 is 2.17 bits per heavy atom. The zero-order chi connectivity index (χ0) is 20.2. The number of hydrogen-bond acceptors (Lipinski definition) is 8. The van der Waals surface area contributed by atoms with E-state index in [4.69, 9.17) is 20.5 Å². The van der Waals surface area contributed by atoms with Gasteiger partial charge >= 0.3 is 0 Å². The van der Waals surface area contributed by atoms with Crippen LogP contribution >= 0.6 is 0 Å². The molecule has 1 fully saturated rings. The van der Waals surface area contributed by atoms with Gasteiger partial charge in [0.05, 0.1) is 30.8 Å². The second-order valence-electron chi connectivity index (χ2n) is 7.11. The minimum atomic E-state index is 0.122. The molecular formula is C20H23N7O2. The Balaban J connectivity index is 1.55. The minimum Gasteiger partial charge on any atom is -0.500 e. The summed E-state index contributed by atoms with van der Waals surface area (Å²) in [4.78, 5) is 8.15. The van der Waals surface area contributed by atoms with Crippen LogP contribution in [0, 0.1) is 11.3 Å². The van der Waals surface area contributed by atoms with Crippen LogP contribution in [0.15, 0.2) is 36.1 Å². The number of aromatic amines is 1. The number of nitrogens with zero attached hydrogens (tertiary/aromatic N) is 4. The molecular weight excluding hydrogens is 370 g/mol. The largest absolute Gasteiger partial charge is 0.500 e. The van der Waals surface area contributed by atoms with Gasteiger partial charge in [-0.1, -0.05) is 0 Å². The van der Waals surface area contributed by atoms with Gasteiger partial charge in [0.1, 0.15) is 29.5 Å². The first-order valence-corrected chi connectivity index (χ1v) is 9.61. The lowest BCUT2D eigenvalue weighted by Gasteiger charge is -2.23. The second kappa shape index (κ2) is 8.32. The van der Waals surface area contributed by atoms with Crippen molar-refractivity contribution in [1.82, 2.24) is 20.2 Å². The van der Waals surface area contributed by atoms with Gasteiger partial charge in [-0.3, -0.25) is 5.10 Å². The molecule has 0 saturated heterocycles. The number of allylic oxidation sites excluding steroid dienone is 3. The summed E-state index contributed by atoms with van der Waals surface area (Å²) in [5.74, 6) is 2.74. The first kappa shape index (κ1) is 19.0. The second-order valence-corrected chi connectivity index (χ2v) is 7.11. The maximum Gasteiger partial charge on any atom is 0.158 e. The molecule has 2 atom stereocenters. The van der Waals surface area contributed by atoms with Crippen LogP contribution in [0.1, 0.15) is 43.5 Å². The molecule has 2 aromatic rings. The van der Waals surface area contributed by atoms with Crippen LogP contribution in [0.3, 0.4) is 0 Å². The van der Waals surface area contributed by atoms with Crippen molar-refractivity contribution >= 4 is 17.2 Å². The molecule has 9 heteroatoms. The molecule has 2 aromatic heterocycles. The SMILES string of the molecule is COC1=C(c2cc(Nc3cnc(C#N)cn3)n[nH]2)C(OC2CCC(N)C2)=CCC1. The van der Waals surface area contributed by atoms with E-state index in [-0.39, 0.29) is 17.8 Å². The van der Waals surface area contributed by atoms with Gasteiger partial charge < -0.3 is 20.5 Å². The molecule has 0 amide bonds. The zero-order valence-corrected chi connectivity index (χ0v) is 16.2. The van der Waals surface area contributed by atoms with E-state index in [1.165, 1.54) is 12.4 Å². The number of nitrogens with one attached hydrogen (secondary N) is 2. The highest BCUT2D eigenvalue weighted by molar-refractivity contribution is 5.79. The number of hydrogen-bond donors (Lipinski definition) is 3. The van der Waals surface area contributed by atoms with E-state index in [1.807, 2.05) is 12.1 Å². The topological polar surface area (TPSA) is 135 Å². The summed E-state index contributed by atoms with van der Waals surface area (Å²) in [6.45, 7) is 0. The predicted octanol–water partition coefficient (Wildman–Crippen LogP) is 2.75. The molecule has 0 radical (unpaired) electrons. The Morgan fingerprint density at radius 3 is 2.86 bits per heavy atom. The number of anilines is 2. The molecule has 2 unspecified atom stereocenters. The van der Waals surface area contributed by atoms with Gasteiger partial charge in [-0.15, -0.1) is 0 Å². The van der Waals surface area contributed by atoms with Gasteiger partial charge in [0.2, 0.25) is 0 Å². The lowest BCUT2D eigenvalue weighted by atomic mass is 10.00. The average molecular weight is 393 g/mol. The van der Waals surface area contributed by atoms with Crippen LogP contribution < -0.4 is 11.1 Å². The van der Waals surface area contributed by atoms with Gasteiger partial charge in [-0.05, 0) is 31.8 Å². The van der Waals surface area contributed by atoms with Crippen molar-refractivity contribution in [3.8, 4) is 6.07 Å². The number of methoxy groups -OCH3 is 1. The highest BCUT2D eigenvalue weighted by atomic mass is 16.5. The molecule has 2 aliphatic carbocycles. The molecule has 0 aliphatic heterocycles. The van der Waals surface area contributed by atoms with Crippen molar-refractivity contribution in [3.63, 3.8) is 0 Å². The van der Waals surface area contributed by atoms with E-state index < -0.39 is 0 Å². The quantitative estimate of drug-likeness (QED) is 0.682. The standard InChI is InChI=1S/C20H23N7O2/c1-28-16-3-2-4-17(29-14-6-5-12(22)7-14)20(16)15-8-18(27-26-15)25-19-11-23-13(9-21)10-24-19/h4,8,10-12,14H,2-3,5-7,22H2,1H3,(H2,24,25,26,27). The molecule has 150 valence electrons. The molecule has 9 nitrogen and oxygen atoms in total. The van der Waals surface area contributed by atoms with E-state index in [0.717, 1.165) is 54.9 Å². The Hall–Kier alpha value is -3.38. The maximum absolute atomic E-state index is 8.82. The van der Waals surface area contributed by atoms with Crippen molar-refractivity contribution in [1.29, 1.82) is 5.26 Å². The van der Waals surface area contributed by atoms with Gasteiger partial charge in [0.25, 0.3) is 0 Å². The molecule has 0 spiro atoms. The number of aromatic nitrogens is 4. The van der Waals surface area contributed by atoms with E-state index in [1.54, 1.807) is 7.11 Å². The molecule has 29 heavy (non-hydrogen) atoms. The molecule has 4 N–H and O–H groups in total. The molecule has 2 aliphatic rings. The Labute approximate surface area is 168 Å². The lowest BCUT2D eigenvalue weighted by Crippen LogP contribution is -2.18. The molecule has 2 heterocycles. The number of H-pyrrole nitrogens is 1. The Morgan fingerprint density at radius 1 is 1.28 bits per heavy atom. The van der Waals surface area contributed by atoms with E-state index in [9.17, 15) is 0 Å². The van der Waals surface area contributed by atoms with Crippen LogP contribution in [-0.2, 0) is 9.47 Å². The van der Waals surface area contributed by atoms with Crippen LogP contribution in [0.4, 0.5) is 11.6 Å². The fourth-order valence-electron chi connectivity index (χ4n) is 3.65. The highest BCUT2D eigenvalue weighted by Gasteiger charge is 2.28. The highest BCUT2D eigenvalue weighted by Crippen LogP contribution is 2.37. The predicted molar refractivity (Wildman–Crippen MR) is 107 cm³/mol. The van der Waals surface area contributed by atoms with Crippen molar-refractivity contribution in [2.24, 2.45) is 5.73 Å². The molecule has 0 aromatic carbocycles. The first-order valence-electron chi connectivity index (χ1n) is 9.61. The van der Waals surface area contributed by atoms with Gasteiger partial charge in [-0.25, -0.2) is 9.97 Å². The summed E-state index contributed by atoms with van der Waals surface area (Å²) in [5, 5.41) is 19.3.